The Morgan fingerprint density at radius 1 is 1.28 bits per heavy atom. The molecule has 98 valence electrons. The lowest BCUT2D eigenvalue weighted by Gasteiger charge is -2.09. The Labute approximate surface area is 106 Å². The largest absolute Gasteiger partial charge is 0.573 e. The molecule has 0 spiro atoms. The monoisotopic (exact) mass is 298 g/mol. The Bertz CT molecular complexity index is 611. The SMILES string of the molecule is CS(=O)(=O)C#Cc1cc(Cl)cc(OC(F)(F)F)c1. The van der Waals surface area contributed by atoms with Crippen molar-refractivity contribution in [3.05, 3.63) is 28.8 Å². The Kier molecular flexibility index (Phi) is 4.14. The standard InChI is InChI=1S/C10H6ClF3O3S/c1-18(15,16)3-2-7-4-8(11)6-9(5-7)17-10(12,13)14/h4-6H,1H3. The van der Waals surface area contributed by atoms with Crippen LogP contribution in [0.2, 0.25) is 5.02 Å². The van der Waals surface area contributed by atoms with Gasteiger partial charge in [-0.15, -0.1) is 13.2 Å². The van der Waals surface area contributed by atoms with Gasteiger partial charge < -0.3 is 4.74 Å². The van der Waals surface area contributed by atoms with Crippen LogP contribution in [0, 0.1) is 11.2 Å². The van der Waals surface area contributed by atoms with Crippen molar-refractivity contribution in [3.63, 3.8) is 0 Å². The first-order valence-corrected chi connectivity index (χ1v) is 6.61. The molecule has 0 aliphatic carbocycles. The van der Waals surface area contributed by atoms with Gasteiger partial charge in [-0.25, -0.2) is 8.42 Å². The average molecular weight is 299 g/mol. The minimum atomic E-state index is -4.85. The summed E-state index contributed by atoms with van der Waals surface area (Å²) in [6.07, 6.45) is -3.98. The van der Waals surface area contributed by atoms with Crippen LogP contribution in [0.15, 0.2) is 18.2 Å². The molecule has 0 radical (unpaired) electrons. The van der Waals surface area contributed by atoms with E-state index in [4.69, 9.17) is 11.6 Å². The minimum Gasteiger partial charge on any atom is -0.406 e. The predicted molar refractivity (Wildman–Crippen MR) is 59.9 cm³/mol. The fraction of sp³-hybridized carbons (Fsp3) is 0.200. The molecule has 0 heterocycles. The zero-order chi connectivity index (χ0) is 14.0. The molecule has 18 heavy (non-hydrogen) atoms. The van der Waals surface area contributed by atoms with E-state index in [2.05, 4.69) is 10.7 Å². The van der Waals surface area contributed by atoms with Crippen molar-refractivity contribution < 1.29 is 26.3 Å². The van der Waals surface area contributed by atoms with Gasteiger partial charge in [0.05, 0.1) is 6.26 Å². The van der Waals surface area contributed by atoms with Gasteiger partial charge in [0.25, 0.3) is 0 Å². The number of halogens is 4. The molecule has 1 aromatic rings. The van der Waals surface area contributed by atoms with E-state index in [1.807, 2.05) is 5.25 Å². The fourth-order valence-corrected chi connectivity index (χ4v) is 1.51. The number of rotatable bonds is 1. The summed E-state index contributed by atoms with van der Waals surface area (Å²) >= 11 is 5.56. The topological polar surface area (TPSA) is 43.4 Å². The minimum absolute atomic E-state index is 0.00664. The highest BCUT2D eigenvalue weighted by atomic mass is 35.5. The van der Waals surface area contributed by atoms with Crippen LogP contribution in [0.3, 0.4) is 0 Å². The van der Waals surface area contributed by atoms with Crippen molar-refractivity contribution in [3.8, 4) is 16.9 Å². The second-order valence-corrected chi connectivity index (χ2v) is 5.41. The van der Waals surface area contributed by atoms with Gasteiger partial charge in [0.15, 0.2) is 0 Å². The Morgan fingerprint density at radius 2 is 1.89 bits per heavy atom. The Balaban J connectivity index is 3.12. The van der Waals surface area contributed by atoms with Crippen LogP contribution in [-0.4, -0.2) is 21.0 Å². The Hall–Kier alpha value is -1.39. The summed E-state index contributed by atoms with van der Waals surface area (Å²) in [4.78, 5) is 0. The van der Waals surface area contributed by atoms with E-state index in [1.54, 1.807) is 0 Å². The first kappa shape index (κ1) is 14.7. The van der Waals surface area contributed by atoms with Gasteiger partial charge in [0.1, 0.15) is 5.75 Å². The zero-order valence-corrected chi connectivity index (χ0v) is 10.4. The van der Waals surface area contributed by atoms with Crippen molar-refractivity contribution in [2.24, 2.45) is 0 Å². The first-order valence-electron chi connectivity index (χ1n) is 4.34. The molecular weight excluding hydrogens is 293 g/mol. The third-order valence-corrected chi connectivity index (χ3v) is 2.18. The first-order chi connectivity index (χ1) is 8.05. The number of hydrogen-bond donors (Lipinski definition) is 0. The van der Waals surface area contributed by atoms with Gasteiger partial charge in [-0.3, -0.25) is 0 Å². The van der Waals surface area contributed by atoms with Gasteiger partial charge >= 0.3 is 6.36 Å². The number of hydrogen-bond acceptors (Lipinski definition) is 3. The Morgan fingerprint density at radius 3 is 2.39 bits per heavy atom. The van der Waals surface area contributed by atoms with E-state index >= 15 is 0 Å². The summed E-state index contributed by atoms with van der Waals surface area (Å²) in [7, 11) is -3.55. The summed E-state index contributed by atoms with van der Waals surface area (Å²) in [5, 5.41) is 1.84. The smallest absolute Gasteiger partial charge is 0.406 e. The van der Waals surface area contributed by atoms with Crippen molar-refractivity contribution in [2.75, 3.05) is 6.26 Å². The zero-order valence-electron chi connectivity index (χ0n) is 8.88. The van der Waals surface area contributed by atoms with Crippen LogP contribution in [0.5, 0.6) is 5.75 Å². The van der Waals surface area contributed by atoms with E-state index in [-0.39, 0.29) is 10.6 Å². The summed E-state index contributed by atoms with van der Waals surface area (Å²) < 4.78 is 61.2. The van der Waals surface area contributed by atoms with E-state index in [9.17, 15) is 21.6 Å². The van der Waals surface area contributed by atoms with Crippen LogP contribution < -0.4 is 4.74 Å². The lowest BCUT2D eigenvalue weighted by molar-refractivity contribution is -0.274. The summed E-state index contributed by atoms with van der Waals surface area (Å²) in [6.45, 7) is 0. The molecule has 0 atom stereocenters. The molecular formula is C10H6ClF3O3S. The van der Waals surface area contributed by atoms with Gasteiger partial charge in [-0.1, -0.05) is 11.6 Å². The highest BCUT2D eigenvalue weighted by Gasteiger charge is 2.31. The maximum atomic E-state index is 12.0. The molecule has 0 N–H and O–H groups in total. The fourth-order valence-electron chi connectivity index (χ4n) is 0.979. The molecule has 0 bridgehead atoms. The van der Waals surface area contributed by atoms with E-state index in [1.165, 1.54) is 6.07 Å². The molecule has 0 fully saturated rings. The number of alkyl halides is 3. The van der Waals surface area contributed by atoms with Crippen LogP contribution in [-0.2, 0) is 9.84 Å². The molecule has 0 aromatic heterocycles. The third kappa shape index (κ3) is 5.80. The average Bonchev–Trinajstić information content (AvgIpc) is 2.09. The summed E-state index contributed by atoms with van der Waals surface area (Å²) in [6, 6.07) is 3.11. The van der Waals surface area contributed by atoms with Crippen molar-refractivity contribution in [2.45, 2.75) is 6.36 Å². The highest BCUT2D eigenvalue weighted by molar-refractivity contribution is 7.95. The van der Waals surface area contributed by atoms with Crippen LogP contribution >= 0.6 is 11.6 Å². The second kappa shape index (κ2) is 5.08. The molecule has 8 heteroatoms. The molecule has 3 nitrogen and oxygen atoms in total. The van der Waals surface area contributed by atoms with Crippen molar-refractivity contribution in [1.82, 2.24) is 0 Å². The summed E-state index contributed by atoms with van der Waals surface area (Å²) in [5.41, 5.74) is 0.00664. The molecule has 1 aromatic carbocycles. The van der Waals surface area contributed by atoms with Gasteiger partial charge in [0.2, 0.25) is 9.84 Å². The maximum Gasteiger partial charge on any atom is 0.573 e. The second-order valence-electron chi connectivity index (χ2n) is 3.22. The van der Waals surface area contributed by atoms with Gasteiger partial charge in [-0.2, -0.15) is 0 Å². The quantitative estimate of drug-likeness (QED) is 0.749. The maximum absolute atomic E-state index is 12.0. The number of benzene rings is 1. The van der Waals surface area contributed by atoms with E-state index in [0.717, 1.165) is 18.4 Å². The highest BCUT2D eigenvalue weighted by Crippen LogP contribution is 2.26. The van der Waals surface area contributed by atoms with E-state index < -0.39 is 21.9 Å². The van der Waals surface area contributed by atoms with Crippen LogP contribution in [0.1, 0.15) is 5.56 Å². The predicted octanol–water partition coefficient (Wildman–Crippen LogP) is 2.59. The van der Waals surface area contributed by atoms with Crippen molar-refractivity contribution >= 4 is 21.4 Å². The number of sulfone groups is 1. The lowest BCUT2D eigenvalue weighted by Crippen LogP contribution is -2.17. The molecule has 0 aliphatic rings. The molecule has 0 saturated heterocycles. The molecule has 1 rings (SSSR count). The molecule has 0 unspecified atom stereocenters. The van der Waals surface area contributed by atoms with Crippen molar-refractivity contribution in [1.29, 1.82) is 0 Å². The normalized spacial score (nSPS) is 11.6. The lowest BCUT2D eigenvalue weighted by atomic mass is 10.2. The van der Waals surface area contributed by atoms with Gasteiger partial charge in [-0.05, 0) is 24.1 Å². The van der Waals surface area contributed by atoms with Crippen LogP contribution in [0.4, 0.5) is 13.2 Å². The summed E-state index contributed by atoms with van der Waals surface area (Å²) in [5.74, 6) is 1.62. The van der Waals surface area contributed by atoms with E-state index in [0.29, 0.717) is 0 Å². The third-order valence-electron chi connectivity index (χ3n) is 1.49. The molecule has 0 amide bonds. The number of ether oxygens (including phenoxy) is 1. The molecule has 0 aliphatic heterocycles. The molecule has 0 saturated carbocycles. The van der Waals surface area contributed by atoms with Gasteiger partial charge in [0, 0.05) is 15.8 Å². The van der Waals surface area contributed by atoms with Crippen LogP contribution in [0.25, 0.3) is 0 Å².